The van der Waals surface area contributed by atoms with Gasteiger partial charge in [-0.25, -0.2) is 0 Å². The first-order chi connectivity index (χ1) is 9.01. The summed E-state index contributed by atoms with van der Waals surface area (Å²) in [5.74, 6) is 1.69. The maximum Gasteiger partial charge on any atom is 0.133 e. The van der Waals surface area contributed by atoms with E-state index in [-0.39, 0.29) is 0 Å². The third-order valence-corrected chi connectivity index (χ3v) is 3.40. The van der Waals surface area contributed by atoms with Crippen molar-refractivity contribution in [2.24, 2.45) is 5.73 Å². The van der Waals surface area contributed by atoms with E-state index in [1.807, 2.05) is 51.1 Å². The highest BCUT2D eigenvalue weighted by Gasteiger charge is 2.08. The van der Waals surface area contributed by atoms with Crippen LogP contribution in [0.3, 0.4) is 0 Å². The van der Waals surface area contributed by atoms with Gasteiger partial charge in [0.25, 0.3) is 0 Å². The Morgan fingerprint density at radius 2 is 1.63 bits per heavy atom. The fraction of sp³-hybridized carbons (Fsp3) is 0.250. The molecule has 0 heterocycles. The molecule has 0 saturated carbocycles. The summed E-state index contributed by atoms with van der Waals surface area (Å²) in [6, 6.07) is 9.78. The molecule has 2 N–H and O–H groups in total. The second-order valence-electron chi connectivity index (χ2n) is 4.76. The van der Waals surface area contributed by atoms with E-state index in [0.717, 1.165) is 38.8 Å². The predicted molar refractivity (Wildman–Crippen MR) is 80.1 cm³/mol. The van der Waals surface area contributed by atoms with E-state index in [1.165, 1.54) is 0 Å². The van der Waals surface area contributed by atoms with Gasteiger partial charge in [0, 0.05) is 11.6 Å². The van der Waals surface area contributed by atoms with Crippen LogP contribution < -0.4 is 10.5 Å². The van der Waals surface area contributed by atoms with Crippen LogP contribution in [0.1, 0.15) is 22.3 Å². The summed E-state index contributed by atoms with van der Waals surface area (Å²) in [4.78, 5) is 0. The number of halogens is 1. The largest absolute Gasteiger partial charge is 0.457 e. The Bertz CT molecular complexity index is 585. The maximum absolute atomic E-state index is 6.02. The zero-order valence-electron chi connectivity index (χ0n) is 11.5. The Morgan fingerprint density at radius 1 is 1.00 bits per heavy atom. The summed E-state index contributed by atoms with van der Waals surface area (Å²) in [7, 11) is 0. The third-order valence-electron chi connectivity index (χ3n) is 3.18. The van der Waals surface area contributed by atoms with Crippen LogP contribution >= 0.6 is 11.6 Å². The normalized spacial score (nSPS) is 10.6. The zero-order chi connectivity index (χ0) is 14.0. The minimum Gasteiger partial charge on any atom is -0.457 e. The van der Waals surface area contributed by atoms with Crippen LogP contribution in [0.25, 0.3) is 0 Å². The van der Waals surface area contributed by atoms with Gasteiger partial charge in [-0.05, 0) is 67.3 Å². The number of nitrogens with two attached hydrogens (primary N) is 1. The standard InChI is InChI=1S/C16H18ClNO/c1-10-8-15(5-4-13(10)9-18)19-16-11(2)6-14(17)7-12(16)3/h4-8H,9,18H2,1-3H3. The smallest absolute Gasteiger partial charge is 0.133 e. The molecular formula is C16H18ClNO. The molecule has 0 aliphatic carbocycles. The van der Waals surface area contributed by atoms with Gasteiger partial charge in [0.05, 0.1) is 0 Å². The Hall–Kier alpha value is -1.51. The molecule has 0 amide bonds. The number of hydrogen-bond acceptors (Lipinski definition) is 2. The molecule has 0 aliphatic rings. The molecule has 0 radical (unpaired) electrons. The summed E-state index contributed by atoms with van der Waals surface area (Å²) in [6.07, 6.45) is 0. The monoisotopic (exact) mass is 275 g/mol. The van der Waals surface area contributed by atoms with Crippen molar-refractivity contribution in [3.63, 3.8) is 0 Å². The molecule has 0 aromatic heterocycles. The Labute approximate surface area is 119 Å². The summed E-state index contributed by atoms with van der Waals surface area (Å²) in [6.45, 7) is 6.58. The molecule has 2 aromatic rings. The van der Waals surface area contributed by atoms with Crippen molar-refractivity contribution in [1.29, 1.82) is 0 Å². The summed E-state index contributed by atoms with van der Waals surface area (Å²) in [5.41, 5.74) is 10.0. The average Bonchev–Trinajstić information content (AvgIpc) is 2.34. The fourth-order valence-electron chi connectivity index (χ4n) is 2.14. The number of benzene rings is 2. The van der Waals surface area contributed by atoms with Crippen LogP contribution in [-0.4, -0.2) is 0 Å². The van der Waals surface area contributed by atoms with Crippen LogP contribution in [-0.2, 0) is 6.54 Å². The average molecular weight is 276 g/mol. The van der Waals surface area contributed by atoms with E-state index >= 15 is 0 Å². The molecule has 0 atom stereocenters. The molecule has 0 bridgehead atoms. The van der Waals surface area contributed by atoms with Gasteiger partial charge in [-0.15, -0.1) is 0 Å². The van der Waals surface area contributed by atoms with Crippen LogP contribution in [0.15, 0.2) is 30.3 Å². The van der Waals surface area contributed by atoms with Crippen LogP contribution in [0.2, 0.25) is 5.02 Å². The molecule has 3 heteroatoms. The highest BCUT2D eigenvalue weighted by Crippen LogP contribution is 2.32. The fourth-order valence-corrected chi connectivity index (χ4v) is 2.46. The molecule has 19 heavy (non-hydrogen) atoms. The van der Waals surface area contributed by atoms with Gasteiger partial charge in [-0.1, -0.05) is 17.7 Å². The van der Waals surface area contributed by atoms with Gasteiger partial charge < -0.3 is 10.5 Å². The van der Waals surface area contributed by atoms with E-state index < -0.39 is 0 Å². The molecule has 2 nitrogen and oxygen atoms in total. The molecule has 100 valence electrons. The van der Waals surface area contributed by atoms with Gasteiger partial charge >= 0.3 is 0 Å². The lowest BCUT2D eigenvalue weighted by molar-refractivity contribution is 0.474. The molecule has 2 aromatic carbocycles. The summed E-state index contributed by atoms with van der Waals surface area (Å²) < 4.78 is 5.98. The summed E-state index contributed by atoms with van der Waals surface area (Å²) in [5, 5.41) is 0.733. The molecule has 0 fully saturated rings. The third kappa shape index (κ3) is 3.09. The van der Waals surface area contributed by atoms with Gasteiger partial charge in [-0.3, -0.25) is 0 Å². The number of aryl methyl sites for hydroxylation is 3. The highest BCUT2D eigenvalue weighted by atomic mass is 35.5. The van der Waals surface area contributed by atoms with Gasteiger partial charge in [0.2, 0.25) is 0 Å². The van der Waals surface area contributed by atoms with Crippen LogP contribution in [0, 0.1) is 20.8 Å². The molecule has 0 aliphatic heterocycles. The Kier molecular flexibility index (Phi) is 4.13. The lowest BCUT2D eigenvalue weighted by Crippen LogP contribution is -1.99. The lowest BCUT2D eigenvalue weighted by atomic mass is 10.1. The second kappa shape index (κ2) is 5.64. The first-order valence-electron chi connectivity index (χ1n) is 6.25. The topological polar surface area (TPSA) is 35.2 Å². The molecule has 0 saturated heterocycles. The maximum atomic E-state index is 6.02. The van der Waals surface area contributed by atoms with E-state index in [0.29, 0.717) is 6.54 Å². The molecule has 0 unspecified atom stereocenters. The van der Waals surface area contributed by atoms with Crippen molar-refractivity contribution in [2.75, 3.05) is 0 Å². The lowest BCUT2D eigenvalue weighted by Gasteiger charge is -2.13. The highest BCUT2D eigenvalue weighted by molar-refractivity contribution is 6.30. The number of hydrogen-bond donors (Lipinski definition) is 1. The SMILES string of the molecule is Cc1cc(Oc2c(C)cc(Cl)cc2C)ccc1CN. The van der Waals surface area contributed by atoms with Crippen LogP contribution in [0.4, 0.5) is 0 Å². The summed E-state index contributed by atoms with van der Waals surface area (Å²) >= 11 is 6.02. The van der Waals surface area contributed by atoms with Crippen molar-refractivity contribution >= 4 is 11.6 Å². The Balaban J connectivity index is 2.34. The first-order valence-corrected chi connectivity index (χ1v) is 6.63. The predicted octanol–water partition coefficient (Wildman–Crippen LogP) is 4.52. The zero-order valence-corrected chi connectivity index (χ0v) is 12.2. The van der Waals surface area contributed by atoms with Crippen molar-refractivity contribution < 1.29 is 4.74 Å². The van der Waals surface area contributed by atoms with E-state index in [9.17, 15) is 0 Å². The van der Waals surface area contributed by atoms with Gasteiger partial charge in [-0.2, -0.15) is 0 Å². The van der Waals surface area contributed by atoms with E-state index in [2.05, 4.69) is 0 Å². The Morgan fingerprint density at radius 3 is 2.16 bits per heavy atom. The second-order valence-corrected chi connectivity index (χ2v) is 5.20. The quantitative estimate of drug-likeness (QED) is 0.894. The van der Waals surface area contributed by atoms with E-state index in [4.69, 9.17) is 22.1 Å². The van der Waals surface area contributed by atoms with E-state index in [1.54, 1.807) is 0 Å². The van der Waals surface area contributed by atoms with Crippen molar-refractivity contribution in [3.05, 3.63) is 57.6 Å². The van der Waals surface area contributed by atoms with Crippen LogP contribution in [0.5, 0.6) is 11.5 Å². The first kappa shape index (κ1) is 13.9. The molecular weight excluding hydrogens is 258 g/mol. The van der Waals surface area contributed by atoms with Crippen molar-refractivity contribution in [2.45, 2.75) is 27.3 Å². The minimum atomic E-state index is 0.547. The number of rotatable bonds is 3. The van der Waals surface area contributed by atoms with Crippen molar-refractivity contribution in [1.82, 2.24) is 0 Å². The molecule has 2 rings (SSSR count). The number of ether oxygens (including phenoxy) is 1. The van der Waals surface area contributed by atoms with Gasteiger partial charge in [0.1, 0.15) is 11.5 Å². The minimum absolute atomic E-state index is 0.547. The molecule has 0 spiro atoms. The van der Waals surface area contributed by atoms with Crippen molar-refractivity contribution in [3.8, 4) is 11.5 Å². The van der Waals surface area contributed by atoms with Gasteiger partial charge in [0.15, 0.2) is 0 Å².